The molecule has 5 nitrogen and oxygen atoms in total. The Morgan fingerprint density at radius 1 is 1.33 bits per heavy atom. The molecule has 0 saturated carbocycles. The molecule has 0 unspecified atom stereocenters. The van der Waals surface area contributed by atoms with Gasteiger partial charge >= 0.3 is 0 Å². The molecule has 110 valence electrons. The molecule has 1 aromatic carbocycles. The van der Waals surface area contributed by atoms with E-state index in [1.54, 1.807) is 0 Å². The molecule has 1 aliphatic rings. The average molecular weight is 284 g/mol. The third-order valence-corrected chi connectivity index (χ3v) is 3.85. The van der Waals surface area contributed by atoms with Crippen molar-refractivity contribution in [2.24, 2.45) is 0 Å². The van der Waals surface area contributed by atoms with Crippen LogP contribution in [0.4, 0.5) is 5.69 Å². The van der Waals surface area contributed by atoms with Gasteiger partial charge in [-0.05, 0) is 37.4 Å². The first kappa shape index (κ1) is 13.8. The molecule has 1 heterocycles. The Morgan fingerprint density at radius 2 is 2.19 bits per heavy atom. The molecule has 0 atom stereocenters. The van der Waals surface area contributed by atoms with Crippen LogP contribution in [-0.4, -0.2) is 22.6 Å². The maximum absolute atomic E-state index is 12.4. The summed E-state index contributed by atoms with van der Waals surface area (Å²) in [5.74, 6) is -0.127. The lowest BCUT2D eigenvalue weighted by Crippen LogP contribution is -2.18. The van der Waals surface area contributed by atoms with Crippen molar-refractivity contribution in [3.05, 3.63) is 46.8 Å². The lowest BCUT2D eigenvalue weighted by molar-refractivity contribution is 0.102. The molecule has 0 aliphatic heterocycles. The fourth-order valence-corrected chi connectivity index (χ4v) is 2.74. The molecule has 2 aromatic rings. The molecule has 5 heteroatoms. The van der Waals surface area contributed by atoms with Crippen LogP contribution in [0.1, 0.15) is 40.7 Å². The van der Waals surface area contributed by atoms with Gasteiger partial charge in [-0.3, -0.25) is 9.89 Å². The third kappa shape index (κ3) is 2.83. The largest absolute Gasteiger partial charge is 0.320 e. The Labute approximate surface area is 124 Å². The third-order valence-electron chi connectivity index (χ3n) is 3.85. The second kappa shape index (κ2) is 6.10. The smallest absolute Gasteiger partial charge is 0.276 e. The van der Waals surface area contributed by atoms with Crippen LogP contribution < -0.4 is 10.6 Å². The molecule has 0 saturated heterocycles. The van der Waals surface area contributed by atoms with Crippen LogP contribution in [0.25, 0.3) is 0 Å². The molecule has 1 amide bonds. The van der Waals surface area contributed by atoms with Gasteiger partial charge in [0.05, 0.1) is 0 Å². The number of H-pyrrole nitrogens is 1. The lowest BCUT2D eigenvalue weighted by Gasteiger charge is -2.11. The summed E-state index contributed by atoms with van der Waals surface area (Å²) in [6, 6.07) is 7.86. The van der Waals surface area contributed by atoms with Crippen molar-refractivity contribution in [2.75, 3.05) is 11.9 Å². The number of rotatable bonds is 5. The number of anilines is 1. The van der Waals surface area contributed by atoms with Crippen LogP contribution in [-0.2, 0) is 19.4 Å². The fraction of sp³-hybridized carbons (Fsp3) is 0.375. The number of hydrogen-bond donors (Lipinski definition) is 3. The summed E-state index contributed by atoms with van der Waals surface area (Å²) in [4.78, 5) is 12.4. The van der Waals surface area contributed by atoms with Crippen molar-refractivity contribution in [3.8, 4) is 0 Å². The van der Waals surface area contributed by atoms with E-state index in [4.69, 9.17) is 0 Å². The predicted octanol–water partition coefficient (Wildman–Crippen LogP) is 2.26. The van der Waals surface area contributed by atoms with Gasteiger partial charge in [0.2, 0.25) is 0 Å². The van der Waals surface area contributed by atoms with Crippen LogP contribution in [0.3, 0.4) is 0 Å². The maximum atomic E-state index is 12.4. The van der Waals surface area contributed by atoms with Gasteiger partial charge in [0.25, 0.3) is 5.91 Å². The number of carbonyl (C=O) groups excluding carboxylic acids is 1. The zero-order valence-corrected chi connectivity index (χ0v) is 12.2. The highest BCUT2D eigenvalue weighted by Crippen LogP contribution is 2.24. The first-order valence-electron chi connectivity index (χ1n) is 7.45. The highest BCUT2D eigenvalue weighted by Gasteiger charge is 2.23. The number of para-hydroxylation sites is 1. The molecule has 1 aromatic heterocycles. The van der Waals surface area contributed by atoms with Crippen molar-refractivity contribution in [1.82, 2.24) is 15.5 Å². The van der Waals surface area contributed by atoms with Crippen molar-refractivity contribution < 1.29 is 4.79 Å². The first-order valence-corrected chi connectivity index (χ1v) is 7.45. The van der Waals surface area contributed by atoms with Gasteiger partial charge in [-0.2, -0.15) is 5.10 Å². The summed E-state index contributed by atoms with van der Waals surface area (Å²) in [6.45, 7) is 3.70. The average Bonchev–Trinajstić information content (AvgIpc) is 3.09. The van der Waals surface area contributed by atoms with Gasteiger partial charge in [-0.15, -0.1) is 0 Å². The second-order valence-electron chi connectivity index (χ2n) is 5.27. The molecule has 3 rings (SSSR count). The Bertz CT molecular complexity index is 647. The van der Waals surface area contributed by atoms with E-state index in [1.165, 1.54) is 0 Å². The van der Waals surface area contributed by atoms with E-state index in [2.05, 4.69) is 27.8 Å². The van der Waals surface area contributed by atoms with Gasteiger partial charge < -0.3 is 10.6 Å². The quantitative estimate of drug-likeness (QED) is 0.789. The molecule has 0 spiro atoms. The van der Waals surface area contributed by atoms with Crippen molar-refractivity contribution in [3.63, 3.8) is 0 Å². The topological polar surface area (TPSA) is 69.8 Å². The van der Waals surface area contributed by atoms with Crippen molar-refractivity contribution in [2.45, 2.75) is 32.7 Å². The summed E-state index contributed by atoms with van der Waals surface area (Å²) in [5, 5.41) is 13.4. The van der Waals surface area contributed by atoms with Crippen LogP contribution >= 0.6 is 0 Å². The normalized spacial score (nSPS) is 13.2. The van der Waals surface area contributed by atoms with E-state index in [1.807, 2.05) is 24.3 Å². The predicted molar refractivity (Wildman–Crippen MR) is 82.4 cm³/mol. The number of fused-ring (bicyclic) bond motifs is 1. The second-order valence-corrected chi connectivity index (χ2v) is 5.27. The van der Waals surface area contributed by atoms with Gasteiger partial charge in [0.1, 0.15) is 0 Å². The monoisotopic (exact) mass is 284 g/mol. The number of aromatic amines is 1. The number of aryl methyl sites for hydroxylation is 1. The van der Waals surface area contributed by atoms with Gasteiger partial charge in [-0.25, -0.2) is 0 Å². The summed E-state index contributed by atoms with van der Waals surface area (Å²) >= 11 is 0. The van der Waals surface area contributed by atoms with Crippen LogP contribution in [0.5, 0.6) is 0 Å². The minimum Gasteiger partial charge on any atom is -0.320 e. The van der Waals surface area contributed by atoms with Crippen LogP contribution in [0.15, 0.2) is 24.3 Å². The summed E-state index contributed by atoms with van der Waals surface area (Å²) in [6.07, 6.45) is 3.03. The number of hydrogen-bond acceptors (Lipinski definition) is 3. The highest BCUT2D eigenvalue weighted by molar-refractivity contribution is 6.04. The number of carbonyl (C=O) groups is 1. The van der Waals surface area contributed by atoms with Gasteiger partial charge in [-0.1, -0.05) is 25.1 Å². The molecule has 3 N–H and O–H groups in total. The first-order chi connectivity index (χ1) is 10.3. The Balaban J connectivity index is 1.78. The van der Waals surface area contributed by atoms with Crippen molar-refractivity contribution in [1.29, 1.82) is 0 Å². The zero-order chi connectivity index (χ0) is 14.7. The molecular formula is C16H20N4O. The molecule has 0 fully saturated rings. The molecule has 0 bridgehead atoms. The number of nitrogens with zero attached hydrogens (tertiary/aromatic N) is 1. The fourth-order valence-electron chi connectivity index (χ4n) is 2.74. The van der Waals surface area contributed by atoms with E-state index in [-0.39, 0.29) is 5.91 Å². The molecule has 0 radical (unpaired) electrons. The standard InChI is InChI=1S/C16H20N4O/c1-2-17-10-11-6-3-4-8-13(11)18-16(21)15-12-7-5-9-14(12)19-20-15/h3-4,6,8,17H,2,5,7,9-10H2,1H3,(H,18,21)(H,19,20). The Kier molecular flexibility index (Phi) is 4.01. The maximum Gasteiger partial charge on any atom is 0.276 e. The Hall–Kier alpha value is -2.14. The Morgan fingerprint density at radius 3 is 3.05 bits per heavy atom. The van der Waals surface area contributed by atoms with Crippen LogP contribution in [0, 0.1) is 0 Å². The summed E-state index contributed by atoms with van der Waals surface area (Å²) in [7, 11) is 0. The minimum atomic E-state index is -0.127. The van der Waals surface area contributed by atoms with E-state index >= 15 is 0 Å². The van der Waals surface area contributed by atoms with E-state index in [0.717, 1.165) is 54.9 Å². The van der Waals surface area contributed by atoms with E-state index < -0.39 is 0 Å². The molecular weight excluding hydrogens is 264 g/mol. The minimum absolute atomic E-state index is 0.127. The van der Waals surface area contributed by atoms with Crippen molar-refractivity contribution >= 4 is 11.6 Å². The SMILES string of the molecule is CCNCc1ccccc1NC(=O)c1n[nH]c2c1CCC2. The number of aromatic nitrogens is 2. The number of amides is 1. The number of nitrogens with one attached hydrogen (secondary N) is 3. The highest BCUT2D eigenvalue weighted by atomic mass is 16.1. The summed E-state index contributed by atoms with van der Waals surface area (Å²) in [5.41, 5.74) is 4.66. The van der Waals surface area contributed by atoms with E-state index in [9.17, 15) is 4.79 Å². The van der Waals surface area contributed by atoms with Gasteiger partial charge in [0.15, 0.2) is 5.69 Å². The summed E-state index contributed by atoms with van der Waals surface area (Å²) < 4.78 is 0. The van der Waals surface area contributed by atoms with Crippen LogP contribution in [0.2, 0.25) is 0 Å². The molecule has 21 heavy (non-hydrogen) atoms. The molecule has 1 aliphatic carbocycles. The van der Waals surface area contributed by atoms with E-state index in [0.29, 0.717) is 5.69 Å². The van der Waals surface area contributed by atoms with Gasteiger partial charge in [0, 0.05) is 23.5 Å². The number of benzene rings is 1. The zero-order valence-electron chi connectivity index (χ0n) is 12.2. The lowest BCUT2D eigenvalue weighted by atomic mass is 10.1.